The first kappa shape index (κ1) is 9.73. The van der Waals surface area contributed by atoms with Crippen molar-refractivity contribution in [2.75, 3.05) is 13.2 Å². The van der Waals surface area contributed by atoms with E-state index < -0.39 is 0 Å². The fourth-order valence-electron chi connectivity index (χ4n) is 2.01. The van der Waals surface area contributed by atoms with E-state index in [1.807, 2.05) is 24.3 Å². The summed E-state index contributed by atoms with van der Waals surface area (Å²) >= 11 is 6.25. The number of para-hydroxylation sites is 1. The van der Waals surface area contributed by atoms with Crippen LogP contribution in [0.3, 0.4) is 0 Å². The maximum atomic E-state index is 11.6. The Morgan fingerprint density at radius 1 is 1.19 bits per heavy atom. The van der Waals surface area contributed by atoms with Gasteiger partial charge in [-0.1, -0.05) is 23.7 Å². The molecule has 1 unspecified atom stereocenters. The molecule has 1 aromatic rings. The van der Waals surface area contributed by atoms with Crippen LogP contribution in [0.2, 0.25) is 0 Å². The Hall–Kier alpha value is -1.48. The van der Waals surface area contributed by atoms with E-state index in [2.05, 4.69) is 0 Å². The fourth-order valence-corrected chi connectivity index (χ4v) is 2.40. The summed E-state index contributed by atoms with van der Waals surface area (Å²) in [5.74, 6) is 0.352. The third kappa shape index (κ3) is 1.32. The van der Waals surface area contributed by atoms with Crippen molar-refractivity contribution in [3.05, 3.63) is 35.4 Å². The standard InChI is InChI=1S/C12H9ClO3/c13-11-8-3-1-2-4-9(8)15-5-7-6-16-12(14)10(7)11/h1-4,7H,5-6H2. The predicted molar refractivity (Wildman–Crippen MR) is 59.2 cm³/mol. The minimum absolute atomic E-state index is 0.0487. The molecule has 1 atom stereocenters. The second kappa shape index (κ2) is 3.52. The molecule has 1 aromatic carbocycles. The summed E-state index contributed by atoms with van der Waals surface area (Å²) in [7, 11) is 0. The molecule has 3 rings (SSSR count). The maximum absolute atomic E-state index is 11.6. The van der Waals surface area contributed by atoms with E-state index >= 15 is 0 Å². The molecule has 16 heavy (non-hydrogen) atoms. The number of carbonyl (C=O) groups excluding carboxylic acids is 1. The molecule has 82 valence electrons. The molecule has 0 radical (unpaired) electrons. The van der Waals surface area contributed by atoms with E-state index in [1.165, 1.54) is 0 Å². The summed E-state index contributed by atoms with van der Waals surface area (Å²) in [5.41, 5.74) is 1.31. The molecule has 3 nitrogen and oxygen atoms in total. The second-order valence-electron chi connectivity index (χ2n) is 3.83. The summed E-state index contributed by atoms with van der Waals surface area (Å²) in [6, 6.07) is 7.45. The van der Waals surface area contributed by atoms with Gasteiger partial charge in [-0.3, -0.25) is 0 Å². The van der Waals surface area contributed by atoms with Crippen molar-refractivity contribution in [1.29, 1.82) is 0 Å². The monoisotopic (exact) mass is 236 g/mol. The van der Waals surface area contributed by atoms with Crippen LogP contribution >= 0.6 is 11.6 Å². The summed E-state index contributed by atoms with van der Waals surface area (Å²) in [6.07, 6.45) is 0. The molecular formula is C12H9ClO3. The van der Waals surface area contributed by atoms with Crippen molar-refractivity contribution < 1.29 is 14.3 Å². The lowest BCUT2D eigenvalue weighted by molar-refractivity contribution is -0.135. The summed E-state index contributed by atoms with van der Waals surface area (Å²) in [6.45, 7) is 0.798. The van der Waals surface area contributed by atoms with Gasteiger partial charge in [-0.15, -0.1) is 0 Å². The van der Waals surface area contributed by atoms with E-state index in [0.29, 0.717) is 23.8 Å². The Labute approximate surface area is 97.6 Å². The van der Waals surface area contributed by atoms with Gasteiger partial charge in [0.05, 0.1) is 23.1 Å². The quantitative estimate of drug-likeness (QED) is 0.648. The second-order valence-corrected chi connectivity index (χ2v) is 4.21. The van der Waals surface area contributed by atoms with Crippen LogP contribution in [0.15, 0.2) is 29.8 Å². The van der Waals surface area contributed by atoms with Gasteiger partial charge in [0.15, 0.2) is 0 Å². The number of halogens is 1. The number of rotatable bonds is 0. The van der Waals surface area contributed by atoms with Crippen molar-refractivity contribution in [1.82, 2.24) is 0 Å². The highest BCUT2D eigenvalue weighted by Crippen LogP contribution is 2.39. The minimum atomic E-state index is -0.324. The highest BCUT2D eigenvalue weighted by molar-refractivity contribution is 6.51. The van der Waals surface area contributed by atoms with Gasteiger partial charge >= 0.3 is 5.97 Å². The molecule has 0 spiro atoms. The van der Waals surface area contributed by atoms with Gasteiger partial charge in [0, 0.05) is 5.56 Å². The van der Waals surface area contributed by atoms with Gasteiger partial charge in [0.2, 0.25) is 0 Å². The third-order valence-corrected chi connectivity index (χ3v) is 3.25. The Kier molecular flexibility index (Phi) is 2.14. The molecular weight excluding hydrogens is 228 g/mol. The van der Waals surface area contributed by atoms with Crippen molar-refractivity contribution in [3.8, 4) is 5.75 Å². The number of carbonyl (C=O) groups is 1. The smallest absolute Gasteiger partial charge is 0.336 e. The zero-order valence-corrected chi connectivity index (χ0v) is 9.16. The van der Waals surface area contributed by atoms with Gasteiger partial charge in [0.25, 0.3) is 0 Å². The van der Waals surface area contributed by atoms with Crippen molar-refractivity contribution >= 4 is 22.6 Å². The highest BCUT2D eigenvalue weighted by Gasteiger charge is 2.36. The molecule has 2 aliphatic heterocycles. The van der Waals surface area contributed by atoms with Gasteiger partial charge in [-0.05, 0) is 12.1 Å². The van der Waals surface area contributed by atoms with Gasteiger partial charge < -0.3 is 9.47 Å². The average molecular weight is 237 g/mol. The number of fused-ring (bicyclic) bond motifs is 2. The Balaban J connectivity index is 2.20. The summed E-state index contributed by atoms with van der Waals surface area (Å²) < 4.78 is 10.6. The molecule has 0 saturated carbocycles. The number of esters is 1. The number of ether oxygens (including phenoxy) is 2. The van der Waals surface area contributed by atoms with E-state index in [4.69, 9.17) is 21.1 Å². The molecule has 2 heterocycles. The lowest BCUT2D eigenvalue weighted by Crippen LogP contribution is -2.12. The lowest BCUT2D eigenvalue weighted by atomic mass is 10.0. The molecule has 1 saturated heterocycles. The number of hydrogen-bond donors (Lipinski definition) is 0. The number of hydrogen-bond acceptors (Lipinski definition) is 3. The molecule has 0 amide bonds. The Morgan fingerprint density at radius 2 is 1.94 bits per heavy atom. The first-order chi connectivity index (χ1) is 7.77. The zero-order chi connectivity index (χ0) is 11.1. The molecule has 0 aliphatic carbocycles. The largest absolute Gasteiger partial charge is 0.492 e. The lowest BCUT2D eigenvalue weighted by Gasteiger charge is -2.08. The predicted octanol–water partition coefficient (Wildman–Crippen LogP) is 2.20. The van der Waals surface area contributed by atoms with Crippen LogP contribution in [0.1, 0.15) is 5.56 Å². The van der Waals surface area contributed by atoms with Crippen LogP contribution in [-0.4, -0.2) is 19.2 Å². The number of cyclic esters (lactones) is 1. The van der Waals surface area contributed by atoms with E-state index in [0.717, 1.165) is 11.3 Å². The molecule has 0 aromatic heterocycles. The Bertz CT molecular complexity index is 493. The molecule has 0 N–H and O–H groups in total. The normalized spacial score (nSPS) is 23.1. The molecule has 0 bridgehead atoms. The van der Waals surface area contributed by atoms with Gasteiger partial charge in [-0.2, -0.15) is 0 Å². The Morgan fingerprint density at radius 3 is 2.81 bits per heavy atom. The van der Waals surface area contributed by atoms with Crippen LogP contribution in [0.25, 0.3) is 5.03 Å². The first-order valence-electron chi connectivity index (χ1n) is 5.06. The van der Waals surface area contributed by atoms with Crippen molar-refractivity contribution in [2.24, 2.45) is 5.92 Å². The van der Waals surface area contributed by atoms with E-state index in [-0.39, 0.29) is 11.9 Å². The molecule has 2 aliphatic rings. The van der Waals surface area contributed by atoms with Crippen molar-refractivity contribution in [2.45, 2.75) is 0 Å². The molecule has 4 heteroatoms. The zero-order valence-electron chi connectivity index (χ0n) is 8.40. The third-order valence-electron chi connectivity index (χ3n) is 2.84. The highest BCUT2D eigenvalue weighted by atomic mass is 35.5. The van der Waals surface area contributed by atoms with E-state index in [1.54, 1.807) is 0 Å². The van der Waals surface area contributed by atoms with Gasteiger partial charge in [0.1, 0.15) is 12.4 Å². The maximum Gasteiger partial charge on any atom is 0.336 e. The average Bonchev–Trinajstić information content (AvgIpc) is 2.60. The van der Waals surface area contributed by atoms with Crippen LogP contribution < -0.4 is 4.74 Å². The summed E-state index contributed by atoms with van der Waals surface area (Å²) in [4.78, 5) is 11.6. The number of benzene rings is 1. The van der Waals surface area contributed by atoms with E-state index in [9.17, 15) is 4.79 Å². The minimum Gasteiger partial charge on any atom is -0.492 e. The summed E-state index contributed by atoms with van der Waals surface area (Å²) in [5, 5.41) is 0.459. The van der Waals surface area contributed by atoms with Gasteiger partial charge in [-0.25, -0.2) is 4.79 Å². The van der Waals surface area contributed by atoms with Crippen LogP contribution in [0.4, 0.5) is 0 Å². The topological polar surface area (TPSA) is 35.5 Å². The van der Waals surface area contributed by atoms with Crippen LogP contribution in [-0.2, 0) is 9.53 Å². The first-order valence-corrected chi connectivity index (χ1v) is 5.44. The van der Waals surface area contributed by atoms with Crippen LogP contribution in [0, 0.1) is 5.92 Å². The van der Waals surface area contributed by atoms with Crippen molar-refractivity contribution in [3.63, 3.8) is 0 Å². The van der Waals surface area contributed by atoms with Crippen LogP contribution in [0.5, 0.6) is 5.75 Å². The molecule has 1 fully saturated rings. The fraction of sp³-hybridized carbons (Fsp3) is 0.250. The SMILES string of the molecule is O=C1OCC2COc3ccccc3C(Cl)=C12.